The van der Waals surface area contributed by atoms with E-state index in [1.807, 2.05) is 13.8 Å². The Balaban J connectivity index is 1.74. The largest absolute Gasteiger partial charge is 0.347 e. The van der Waals surface area contributed by atoms with Crippen molar-refractivity contribution in [3.8, 4) is 0 Å². The molecule has 2 amide bonds. The van der Waals surface area contributed by atoms with Gasteiger partial charge in [-0.1, -0.05) is 0 Å². The number of sulfonamides is 1. The van der Waals surface area contributed by atoms with Crippen LogP contribution in [0.25, 0.3) is 0 Å². The van der Waals surface area contributed by atoms with Gasteiger partial charge in [0.25, 0.3) is 0 Å². The van der Waals surface area contributed by atoms with Gasteiger partial charge in [-0.15, -0.1) is 0 Å². The predicted molar refractivity (Wildman–Crippen MR) is 85.2 cm³/mol. The topological polar surface area (TPSA) is 126 Å². The molecule has 0 spiro atoms. The van der Waals surface area contributed by atoms with Crippen LogP contribution in [-0.4, -0.2) is 64.7 Å². The Bertz CT molecular complexity index is 699. The molecule has 2 rings (SSSR count). The third-order valence-electron chi connectivity index (χ3n) is 3.60. The molecule has 2 heterocycles. The second-order valence-electron chi connectivity index (χ2n) is 5.72. The fraction of sp³-hybridized carbons (Fsp3) is 0.692. The second kappa shape index (κ2) is 7.71. The summed E-state index contributed by atoms with van der Waals surface area (Å²) in [4.78, 5) is 27.5. The summed E-state index contributed by atoms with van der Waals surface area (Å²) in [6.45, 7) is 4.66. The SMILES string of the molecule is CC(C)n1ncnc1CNC(=O)C(=O)NCCN1CCCS1(=O)=O. The first-order valence-electron chi connectivity index (χ1n) is 7.73. The maximum atomic E-state index is 11.8. The Kier molecular flexibility index (Phi) is 5.89. The van der Waals surface area contributed by atoms with Gasteiger partial charge in [0.15, 0.2) is 0 Å². The van der Waals surface area contributed by atoms with Crippen LogP contribution < -0.4 is 10.6 Å². The molecule has 1 aromatic heterocycles. The molecule has 0 atom stereocenters. The van der Waals surface area contributed by atoms with Crippen LogP contribution in [0.4, 0.5) is 0 Å². The Morgan fingerprint density at radius 2 is 2.00 bits per heavy atom. The molecule has 134 valence electrons. The average molecular weight is 358 g/mol. The van der Waals surface area contributed by atoms with E-state index in [9.17, 15) is 18.0 Å². The molecule has 11 heteroatoms. The minimum Gasteiger partial charge on any atom is -0.347 e. The van der Waals surface area contributed by atoms with Gasteiger partial charge in [-0.2, -0.15) is 5.10 Å². The van der Waals surface area contributed by atoms with Crippen LogP contribution in [-0.2, 0) is 26.2 Å². The van der Waals surface area contributed by atoms with Gasteiger partial charge in [0.05, 0.1) is 12.3 Å². The summed E-state index contributed by atoms with van der Waals surface area (Å²) in [5, 5.41) is 8.92. The normalized spacial score (nSPS) is 17.1. The summed E-state index contributed by atoms with van der Waals surface area (Å²) in [5.74, 6) is -0.910. The molecule has 0 bridgehead atoms. The van der Waals surface area contributed by atoms with Crippen molar-refractivity contribution in [1.82, 2.24) is 29.7 Å². The third-order valence-corrected chi connectivity index (χ3v) is 5.56. The van der Waals surface area contributed by atoms with Gasteiger partial charge < -0.3 is 10.6 Å². The predicted octanol–water partition coefficient (Wildman–Crippen LogP) is -1.37. The van der Waals surface area contributed by atoms with Crippen molar-refractivity contribution >= 4 is 21.8 Å². The Labute approximate surface area is 140 Å². The number of rotatable bonds is 6. The number of nitrogens with one attached hydrogen (secondary N) is 2. The highest BCUT2D eigenvalue weighted by atomic mass is 32.2. The molecule has 10 nitrogen and oxygen atoms in total. The number of aromatic nitrogens is 3. The molecule has 24 heavy (non-hydrogen) atoms. The molecule has 1 fully saturated rings. The quantitative estimate of drug-likeness (QED) is 0.604. The number of carbonyl (C=O) groups is 2. The molecule has 1 saturated heterocycles. The van der Waals surface area contributed by atoms with E-state index in [2.05, 4.69) is 20.7 Å². The van der Waals surface area contributed by atoms with Crippen molar-refractivity contribution in [2.24, 2.45) is 0 Å². The van der Waals surface area contributed by atoms with Crippen molar-refractivity contribution in [2.75, 3.05) is 25.4 Å². The number of amides is 2. The fourth-order valence-electron chi connectivity index (χ4n) is 2.39. The zero-order valence-electron chi connectivity index (χ0n) is 13.7. The standard InChI is InChI=1S/C13H22N6O4S/c1-10(2)19-11(16-9-17-19)8-15-13(21)12(20)14-4-6-18-5-3-7-24(18,22)23/h9-10H,3-8H2,1-2H3,(H,14,20)(H,15,21). The summed E-state index contributed by atoms with van der Waals surface area (Å²) in [6, 6.07) is 0.0932. The van der Waals surface area contributed by atoms with Gasteiger partial charge >= 0.3 is 11.8 Å². The maximum Gasteiger partial charge on any atom is 0.309 e. The molecule has 0 aliphatic carbocycles. The minimum absolute atomic E-state index is 0.0882. The molecule has 1 aliphatic rings. The van der Waals surface area contributed by atoms with Crippen LogP contribution in [0.3, 0.4) is 0 Å². The highest BCUT2D eigenvalue weighted by molar-refractivity contribution is 7.89. The van der Waals surface area contributed by atoms with E-state index >= 15 is 0 Å². The van der Waals surface area contributed by atoms with E-state index < -0.39 is 21.8 Å². The first-order valence-corrected chi connectivity index (χ1v) is 9.34. The number of carbonyl (C=O) groups excluding carboxylic acids is 2. The van der Waals surface area contributed by atoms with E-state index in [4.69, 9.17) is 0 Å². The van der Waals surface area contributed by atoms with Crippen molar-refractivity contribution in [1.29, 1.82) is 0 Å². The van der Waals surface area contributed by atoms with E-state index in [0.29, 0.717) is 18.8 Å². The van der Waals surface area contributed by atoms with Crippen LogP contribution in [0.5, 0.6) is 0 Å². The zero-order chi connectivity index (χ0) is 17.7. The monoisotopic (exact) mass is 358 g/mol. The summed E-state index contributed by atoms with van der Waals surface area (Å²) in [7, 11) is -3.19. The van der Waals surface area contributed by atoms with Crippen LogP contribution in [0.15, 0.2) is 6.33 Å². The molecule has 0 unspecified atom stereocenters. The first-order chi connectivity index (χ1) is 11.3. The molecule has 0 radical (unpaired) electrons. The van der Waals surface area contributed by atoms with Gasteiger partial charge in [0.1, 0.15) is 12.2 Å². The zero-order valence-corrected chi connectivity index (χ0v) is 14.5. The van der Waals surface area contributed by atoms with Gasteiger partial charge in [0, 0.05) is 25.7 Å². The van der Waals surface area contributed by atoms with Crippen molar-refractivity contribution in [2.45, 2.75) is 32.9 Å². The lowest BCUT2D eigenvalue weighted by Crippen LogP contribution is -2.43. The molecule has 2 N–H and O–H groups in total. The van der Waals surface area contributed by atoms with Crippen LogP contribution >= 0.6 is 0 Å². The summed E-state index contributed by atoms with van der Waals surface area (Å²) in [6.07, 6.45) is 1.98. The van der Waals surface area contributed by atoms with E-state index in [1.165, 1.54) is 10.6 Å². The minimum atomic E-state index is -3.19. The summed E-state index contributed by atoms with van der Waals surface area (Å²) >= 11 is 0. The van der Waals surface area contributed by atoms with Crippen molar-refractivity contribution in [3.63, 3.8) is 0 Å². The molecule has 0 aromatic carbocycles. The van der Waals surface area contributed by atoms with Gasteiger partial charge in [-0.05, 0) is 20.3 Å². The number of nitrogens with zero attached hydrogens (tertiary/aromatic N) is 4. The van der Waals surface area contributed by atoms with Crippen molar-refractivity contribution < 1.29 is 18.0 Å². The Morgan fingerprint density at radius 1 is 1.29 bits per heavy atom. The van der Waals surface area contributed by atoms with Crippen LogP contribution in [0.1, 0.15) is 32.1 Å². The molecular weight excluding hydrogens is 336 g/mol. The van der Waals surface area contributed by atoms with Gasteiger partial charge in [-0.3, -0.25) is 9.59 Å². The molecule has 1 aliphatic heterocycles. The number of hydrogen-bond acceptors (Lipinski definition) is 6. The lowest BCUT2D eigenvalue weighted by molar-refractivity contribution is -0.139. The maximum absolute atomic E-state index is 11.8. The fourth-order valence-corrected chi connectivity index (χ4v) is 3.92. The van der Waals surface area contributed by atoms with E-state index in [-0.39, 0.29) is 31.4 Å². The van der Waals surface area contributed by atoms with E-state index in [0.717, 1.165) is 0 Å². The van der Waals surface area contributed by atoms with Gasteiger partial charge in [0.2, 0.25) is 10.0 Å². The summed E-state index contributed by atoms with van der Waals surface area (Å²) in [5.41, 5.74) is 0. The lowest BCUT2D eigenvalue weighted by Gasteiger charge is -2.14. The highest BCUT2D eigenvalue weighted by Crippen LogP contribution is 2.11. The smallest absolute Gasteiger partial charge is 0.309 e. The Morgan fingerprint density at radius 3 is 2.62 bits per heavy atom. The average Bonchev–Trinajstić information content (AvgIpc) is 3.11. The first kappa shape index (κ1) is 18.3. The van der Waals surface area contributed by atoms with Gasteiger partial charge in [-0.25, -0.2) is 22.4 Å². The second-order valence-corrected chi connectivity index (χ2v) is 7.81. The summed E-state index contributed by atoms with van der Waals surface area (Å²) < 4.78 is 26.2. The Hall–Kier alpha value is -2.01. The van der Waals surface area contributed by atoms with E-state index in [1.54, 1.807) is 4.68 Å². The molecule has 1 aromatic rings. The number of hydrogen-bond donors (Lipinski definition) is 2. The van der Waals surface area contributed by atoms with Crippen molar-refractivity contribution in [3.05, 3.63) is 12.2 Å². The lowest BCUT2D eigenvalue weighted by atomic mass is 10.4. The molecular formula is C13H22N6O4S. The highest BCUT2D eigenvalue weighted by Gasteiger charge is 2.27. The third kappa shape index (κ3) is 4.51. The molecule has 0 saturated carbocycles. The van der Waals surface area contributed by atoms with Crippen LogP contribution in [0, 0.1) is 0 Å². The van der Waals surface area contributed by atoms with Crippen LogP contribution in [0.2, 0.25) is 0 Å².